The van der Waals surface area contributed by atoms with Gasteiger partial charge in [-0.25, -0.2) is 0 Å². The number of rotatable bonds is 6. The van der Waals surface area contributed by atoms with E-state index in [1.165, 1.54) is 25.7 Å². The summed E-state index contributed by atoms with van der Waals surface area (Å²) in [5.41, 5.74) is 5.37. The molecule has 1 saturated carbocycles. The first-order valence-electron chi connectivity index (χ1n) is 9.30. The number of nitrogens with two attached hydrogens (primary N) is 1. The molecule has 5 nitrogen and oxygen atoms in total. The molecule has 1 aliphatic heterocycles. The summed E-state index contributed by atoms with van der Waals surface area (Å²) in [4.78, 5) is 28.6. The summed E-state index contributed by atoms with van der Waals surface area (Å²) in [6.07, 6.45) is 8.55. The Morgan fingerprint density at radius 2 is 1.62 bits per heavy atom. The molecule has 2 fully saturated rings. The number of nitrogens with zero attached hydrogens (tertiary/aromatic N) is 2. The second-order valence-corrected chi connectivity index (χ2v) is 7.53. The zero-order valence-corrected chi connectivity index (χ0v) is 16.1. The molecular formula is C18H34ClN3O2. The van der Waals surface area contributed by atoms with E-state index in [9.17, 15) is 9.59 Å². The van der Waals surface area contributed by atoms with Crippen molar-refractivity contribution in [3.63, 3.8) is 0 Å². The van der Waals surface area contributed by atoms with Gasteiger partial charge < -0.3 is 15.5 Å². The topological polar surface area (TPSA) is 66.6 Å². The number of amides is 2. The summed E-state index contributed by atoms with van der Waals surface area (Å²) < 4.78 is 0. The molecule has 24 heavy (non-hydrogen) atoms. The van der Waals surface area contributed by atoms with E-state index in [0.29, 0.717) is 39.0 Å². The van der Waals surface area contributed by atoms with Crippen molar-refractivity contribution in [2.45, 2.75) is 70.8 Å². The third-order valence-electron chi connectivity index (χ3n) is 5.42. The Hall–Kier alpha value is -0.810. The van der Waals surface area contributed by atoms with E-state index in [0.717, 1.165) is 18.8 Å². The monoisotopic (exact) mass is 359 g/mol. The van der Waals surface area contributed by atoms with Crippen LogP contribution in [0.2, 0.25) is 0 Å². The van der Waals surface area contributed by atoms with Crippen molar-refractivity contribution in [3.8, 4) is 0 Å². The number of piperazine rings is 1. The highest BCUT2D eigenvalue weighted by molar-refractivity contribution is 5.86. The van der Waals surface area contributed by atoms with Gasteiger partial charge in [0.25, 0.3) is 0 Å². The SMILES string of the molecule is CCCC(C)(N)C(=O)N1CCN(C(=O)CCC2CCCC2)CC1.Cl. The molecule has 0 aromatic rings. The van der Waals surface area contributed by atoms with Crippen molar-refractivity contribution in [3.05, 3.63) is 0 Å². The van der Waals surface area contributed by atoms with E-state index in [4.69, 9.17) is 5.73 Å². The first-order valence-corrected chi connectivity index (χ1v) is 9.30. The van der Waals surface area contributed by atoms with Gasteiger partial charge in [-0.05, 0) is 25.7 Å². The molecule has 2 amide bonds. The first-order chi connectivity index (χ1) is 10.9. The van der Waals surface area contributed by atoms with E-state index in [-0.39, 0.29) is 24.2 Å². The summed E-state index contributed by atoms with van der Waals surface area (Å²) in [5.74, 6) is 1.04. The molecule has 1 aliphatic carbocycles. The minimum atomic E-state index is -0.774. The fourth-order valence-corrected chi connectivity index (χ4v) is 3.93. The second-order valence-electron chi connectivity index (χ2n) is 7.53. The Labute approximate surface area is 152 Å². The summed E-state index contributed by atoms with van der Waals surface area (Å²) in [6.45, 7) is 6.39. The van der Waals surface area contributed by atoms with Crippen LogP contribution >= 0.6 is 12.4 Å². The van der Waals surface area contributed by atoms with Gasteiger partial charge in [0.15, 0.2) is 0 Å². The highest BCUT2D eigenvalue weighted by Crippen LogP contribution is 2.28. The molecule has 6 heteroatoms. The van der Waals surface area contributed by atoms with Gasteiger partial charge in [-0.3, -0.25) is 9.59 Å². The van der Waals surface area contributed by atoms with Crippen molar-refractivity contribution in [1.82, 2.24) is 9.80 Å². The van der Waals surface area contributed by atoms with Crippen LogP contribution in [-0.2, 0) is 9.59 Å². The van der Waals surface area contributed by atoms with Gasteiger partial charge in [-0.2, -0.15) is 0 Å². The first kappa shape index (κ1) is 21.2. The Morgan fingerprint density at radius 1 is 1.08 bits per heavy atom. The number of hydrogen-bond donors (Lipinski definition) is 1. The zero-order valence-electron chi connectivity index (χ0n) is 15.3. The largest absolute Gasteiger partial charge is 0.339 e. The van der Waals surface area contributed by atoms with E-state index < -0.39 is 5.54 Å². The molecule has 0 bridgehead atoms. The average Bonchev–Trinajstić information content (AvgIpc) is 3.05. The lowest BCUT2D eigenvalue weighted by atomic mass is 9.95. The standard InChI is InChI=1S/C18H33N3O2.ClH/c1-3-10-18(2,19)17(23)21-13-11-20(12-14-21)16(22)9-8-15-6-4-5-7-15;/h15H,3-14,19H2,1-2H3;1H. The highest BCUT2D eigenvalue weighted by atomic mass is 35.5. The molecule has 1 atom stereocenters. The van der Waals surface area contributed by atoms with Crippen molar-refractivity contribution in [1.29, 1.82) is 0 Å². The van der Waals surface area contributed by atoms with Gasteiger partial charge in [-0.15, -0.1) is 12.4 Å². The molecule has 2 rings (SSSR count). The van der Waals surface area contributed by atoms with Crippen LogP contribution in [0.3, 0.4) is 0 Å². The van der Waals surface area contributed by atoms with Crippen molar-refractivity contribution in [2.24, 2.45) is 11.7 Å². The maximum atomic E-state index is 12.5. The number of hydrogen-bond acceptors (Lipinski definition) is 3. The number of halogens is 1. The fraction of sp³-hybridized carbons (Fsp3) is 0.889. The smallest absolute Gasteiger partial charge is 0.242 e. The van der Waals surface area contributed by atoms with Gasteiger partial charge >= 0.3 is 0 Å². The Bertz CT molecular complexity index is 414. The highest BCUT2D eigenvalue weighted by Gasteiger charge is 2.34. The van der Waals surface area contributed by atoms with E-state index >= 15 is 0 Å². The maximum Gasteiger partial charge on any atom is 0.242 e. The van der Waals surface area contributed by atoms with Crippen LogP contribution < -0.4 is 5.73 Å². The van der Waals surface area contributed by atoms with Crippen LogP contribution in [0.15, 0.2) is 0 Å². The van der Waals surface area contributed by atoms with Crippen LogP contribution in [0.4, 0.5) is 0 Å². The zero-order chi connectivity index (χ0) is 16.9. The molecule has 1 unspecified atom stereocenters. The van der Waals surface area contributed by atoms with Crippen molar-refractivity contribution in [2.75, 3.05) is 26.2 Å². The van der Waals surface area contributed by atoms with E-state index in [1.807, 2.05) is 23.6 Å². The van der Waals surface area contributed by atoms with Crippen molar-refractivity contribution >= 4 is 24.2 Å². The van der Waals surface area contributed by atoms with Gasteiger partial charge in [0.05, 0.1) is 5.54 Å². The molecule has 2 N–H and O–H groups in total. The predicted molar refractivity (Wildman–Crippen MR) is 99.1 cm³/mol. The Morgan fingerprint density at radius 3 is 2.17 bits per heavy atom. The van der Waals surface area contributed by atoms with Crippen molar-refractivity contribution < 1.29 is 9.59 Å². The van der Waals surface area contributed by atoms with Crippen LogP contribution in [0.25, 0.3) is 0 Å². The summed E-state index contributed by atoms with van der Waals surface area (Å²) in [5, 5.41) is 0. The van der Waals surface area contributed by atoms with E-state index in [2.05, 4.69) is 0 Å². The van der Waals surface area contributed by atoms with Gasteiger partial charge in [0.1, 0.15) is 0 Å². The second kappa shape index (κ2) is 9.62. The summed E-state index contributed by atoms with van der Waals surface area (Å²) >= 11 is 0. The lowest BCUT2D eigenvalue weighted by Crippen LogP contribution is -2.58. The minimum absolute atomic E-state index is 0. The molecule has 2 aliphatic rings. The Balaban J connectivity index is 0.00000288. The Kier molecular flexibility index (Phi) is 8.51. The molecule has 0 aromatic heterocycles. The molecule has 140 valence electrons. The normalized spacial score (nSPS) is 21.3. The number of carbonyl (C=O) groups is 2. The molecule has 1 heterocycles. The van der Waals surface area contributed by atoms with Gasteiger partial charge in [0.2, 0.25) is 11.8 Å². The van der Waals surface area contributed by atoms with E-state index in [1.54, 1.807) is 0 Å². The molecule has 1 saturated heterocycles. The van der Waals surface area contributed by atoms with Crippen LogP contribution in [0, 0.1) is 5.92 Å². The van der Waals surface area contributed by atoms with Gasteiger partial charge in [0, 0.05) is 32.6 Å². The predicted octanol–water partition coefficient (Wildman–Crippen LogP) is 2.57. The average molecular weight is 360 g/mol. The molecule has 0 aromatic carbocycles. The molecule has 0 spiro atoms. The third kappa shape index (κ3) is 5.62. The minimum Gasteiger partial charge on any atom is -0.339 e. The number of carbonyl (C=O) groups excluding carboxylic acids is 2. The maximum absolute atomic E-state index is 12.5. The lowest BCUT2D eigenvalue weighted by Gasteiger charge is -2.38. The quantitative estimate of drug-likeness (QED) is 0.792. The van der Waals surface area contributed by atoms with Gasteiger partial charge in [-0.1, -0.05) is 39.0 Å². The fourth-order valence-electron chi connectivity index (χ4n) is 3.93. The van der Waals surface area contributed by atoms with Crippen LogP contribution in [0.1, 0.15) is 65.2 Å². The lowest BCUT2D eigenvalue weighted by molar-refractivity contribution is -0.143. The van der Waals surface area contributed by atoms with Crippen LogP contribution in [0.5, 0.6) is 0 Å². The molecule has 0 radical (unpaired) electrons. The van der Waals surface area contributed by atoms with Crippen LogP contribution in [-0.4, -0.2) is 53.3 Å². The third-order valence-corrected chi connectivity index (χ3v) is 5.42. The summed E-state index contributed by atoms with van der Waals surface area (Å²) in [6, 6.07) is 0. The summed E-state index contributed by atoms with van der Waals surface area (Å²) in [7, 11) is 0. The molecular weight excluding hydrogens is 326 g/mol.